The van der Waals surface area contributed by atoms with E-state index in [1.54, 1.807) is 12.1 Å². The second-order valence-electron chi connectivity index (χ2n) is 5.75. The van der Waals surface area contributed by atoms with Gasteiger partial charge in [-0.25, -0.2) is 4.39 Å². The van der Waals surface area contributed by atoms with Crippen LogP contribution in [-0.4, -0.2) is 17.6 Å². The first-order chi connectivity index (χ1) is 8.84. The Labute approximate surface area is 113 Å². The minimum absolute atomic E-state index is 0.00412. The van der Waals surface area contributed by atoms with Crippen molar-refractivity contribution in [3.8, 4) is 0 Å². The molecular formula is C15H22FNO2. The number of benzene rings is 1. The quantitative estimate of drug-likeness (QED) is 0.862. The van der Waals surface area contributed by atoms with Crippen LogP contribution in [0.25, 0.3) is 0 Å². The molecule has 0 aliphatic rings. The molecule has 1 aromatic rings. The maximum absolute atomic E-state index is 13.0. The van der Waals surface area contributed by atoms with Gasteiger partial charge in [-0.1, -0.05) is 32.9 Å². The standard InChI is InChI=1S/C15H22FNO2/c1-15(2,3)14(17-13(19)5-4-10-18)11-6-8-12(16)9-7-11/h6-9,14,18H,4-5,10H2,1-3H3,(H,17,19). The first-order valence-corrected chi connectivity index (χ1v) is 6.50. The SMILES string of the molecule is CC(C)(C)C(NC(=O)CCCO)c1ccc(F)cc1. The fourth-order valence-corrected chi connectivity index (χ4v) is 1.93. The number of rotatable bonds is 5. The van der Waals surface area contributed by atoms with Gasteiger partial charge in [-0.05, 0) is 29.5 Å². The van der Waals surface area contributed by atoms with Crippen LogP contribution in [0.2, 0.25) is 0 Å². The number of carbonyl (C=O) groups is 1. The van der Waals surface area contributed by atoms with E-state index < -0.39 is 0 Å². The van der Waals surface area contributed by atoms with E-state index in [4.69, 9.17) is 5.11 Å². The maximum Gasteiger partial charge on any atom is 0.220 e. The highest BCUT2D eigenvalue weighted by Crippen LogP contribution is 2.32. The molecule has 1 aromatic carbocycles. The largest absolute Gasteiger partial charge is 0.396 e. The molecule has 0 heterocycles. The Hall–Kier alpha value is -1.42. The Kier molecular flexibility index (Phi) is 5.48. The molecule has 0 aromatic heterocycles. The Balaban J connectivity index is 2.84. The zero-order valence-corrected chi connectivity index (χ0v) is 11.7. The van der Waals surface area contributed by atoms with E-state index in [1.807, 2.05) is 20.8 Å². The minimum atomic E-state index is -0.289. The summed E-state index contributed by atoms with van der Waals surface area (Å²) in [6, 6.07) is 6.00. The fraction of sp³-hybridized carbons (Fsp3) is 0.533. The molecule has 1 rings (SSSR count). The topological polar surface area (TPSA) is 49.3 Å². The summed E-state index contributed by atoms with van der Waals surface area (Å²) in [5, 5.41) is 11.7. The number of halogens is 1. The number of amides is 1. The predicted octanol–water partition coefficient (Wildman–Crippen LogP) is 2.80. The van der Waals surface area contributed by atoms with Gasteiger partial charge in [0.1, 0.15) is 5.82 Å². The Bertz CT molecular complexity index is 409. The molecule has 0 saturated carbocycles. The van der Waals surface area contributed by atoms with Gasteiger partial charge in [0, 0.05) is 13.0 Å². The third-order valence-electron chi connectivity index (χ3n) is 2.94. The van der Waals surface area contributed by atoms with E-state index in [1.165, 1.54) is 12.1 Å². The zero-order valence-electron chi connectivity index (χ0n) is 11.7. The summed E-state index contributed by atoms with van der Waals surface area (Å²) in [6.07, 6.45) is 0.746. The van der Waals surface area contributed by atoms with Crippen molar-refractivity contribution in [1.29, 1.82) is 0 Å². The van der Waals surface area contributed by atoms with Gasteiger partial charge < -0.3 is 10.4 Å². The van der Waals surface area contributed by atoms with Gasteiger partial charge in [0.15, 0.2) is 0 Å². The lowest BCUT2D eigenvalue weighted by Crippen LogP contribution is -2.36. The van der Waals surface area contributed by atoms with Crippen molar-refractivity contribution >= 4 is 5.91 Å². The van der Waals surface area contributed by atoms with E-state index in [0.717, 1.165) is 5.56 Å². The van der Waals surface area contributed by atoms with Crippen LogP contribution in [0.15, 0.2) is 24.3 Å². The lowest BCUT2D eigenvalue weighted by Gasteiger charge is -2.32. The normalized spacial score (nSPS) is 13.1. The summed E-state index contributed by atoms with van der Waals surface area (Å²) < 4.78 is 13.0. The zero-order chi connectivity index (χ0) is 14.5. The molecule has 4 heteroatoms. The van der Waals surface area contributed by atoms with Crippen molar-refractivity contribution in [1.82, 2.24) is 5.32 Å². The van der Waals surface area contributed by atoms with E-state index in [2.05, 4.69) is 5.32 Å². The summed E-state index contributed by atoms with van der Waals surface area (Å²) in [5.41, 5.74) is 0.707. The lowest BCUT2D eigenvalue weighted by atomic mass is 9.82. The summed E-state index contributed by atoms with van der Waals surface area (Å²) in [7, 11) is 0. The molecule has 0 saturated heterocycles. The molecule has 0 aliphatic carbocycles. The predicted molar refractivity (Wildman–Crippen MR) is 73.1 cm³/mol. The molecule has 106 valence electrons. The van der Waals surface area contributed by atoms with Crippen molar-refractivity contribution in [3.05, 3.63) is 35.6 Å². The van der Waals surface area contributed by atoms with Crippen LogP contribution in [0, 0.1) is 11.2 Å². The molecule has 1 amide bonds. The first-order valence-electron chi connectivity index (χ1n) is 6.50. The van der Waals surface area contributed by atoms with Crippen LogP contribution in [0.1, 0.15) is 45.2 Å². The highest BCUT2D eigenvalue weighted by atomic mass is 19.1. The molecular weight excluding hydrogens is 245 g/mol. The van der Waals surface area contributed by atoms with Gasteiger partial charge in [-0.3, -0.25) is 4.79 Å². The van der Waals surface area contributed by atoms with Crippen molar-refractivity contribution in [2.75, 3.05) is 6.61 Å². The van der Waals surface area contributed by atoms with Gasteiger partial charge in [-0.2, -0.15) is 0 Å². The summed E-state index contributed by atoms with van der Waals surface area (Å²) in [5.74, 6) is -0.388. The highest BCUT2D eigenvalue weighted by molar-refractivity contribution is 5.76. The van der Waals surface area contributed by atoms with E-state index in [0.29, 0.717) is 12.8 Å². The molecule has 3 nitrogen and oxygen atoms in total. The summed E-state index contributed by atoms with van der Waals surface area (Å²) in [4.78, 5) is 11.8. The average molecular weight is 267 g/mol. The van der Waals surface area contributed by atoms with Crippen molar-refractivity contribution in [2.24, 2.45) is 5.41 Å². The minimum Gasteiger partial charge on any atom is -0.396 e. The van der Waals surface area contributed by atoms with Gasteiger partial charge in [0.05, 0.1) is 6.04 Å². The van der Waals surface area contributed by atoms with Crippen LogP contribution < -0.4 is 5.32 Å². The van der Waals surface area contributed by atoms with Crippen LogP contribution in [0.3, 0.4) is 0 Å². The molecule has 0 spiro atoms. The third-order valence-corrected chi connectivity index (χ3v) is 2.94. The third kappa shape index (κ3) is 4.99. The lowest BCUT2D eigenvalue weighted by molar-refractivity contribution is -0.122. The van der Waals surface area contributed by atoms with E-state index >= 15 is 0 Å². The molecule has 0 fully saturated rings. The van der Waals surface area contributed by atoms with Crippen LogP contribution in [-0.2, 0) is 4.79 Å². The molecule has 0 radical (unpaired) electrons. The Morgan fingerprint density at radius 3 is 2.37 bits per heavy atom. The number of nitrogens with one attached hydrogen (secondary N) is 1. The number of aliphatic hydroxyl groups is 1. The molecule has 0 aliphatic heterocycles. The van der Waals surface area contributed by atoms with Crippen LogP contribution in [0.5, 0.6) is 0 Å². The number of aliphatic hydroxyl groups excluding tert-OH is 1. The molecule has 1 atom stereocenters. The average Bonchev–Trinajstić information content (AvgIpc) is 2.33. The number of hydrogen-bond donors (Lipinski definition) is 2. The number of carbonyl (C=O) groups excluding carboxylic acids is 1. The van der Waals surface area contributed by atoms with E-state index in [-0.39, 0.29) is 29.8 Å². The smallest absolute Gasteiger partial charge is 0.220 e. The summed E-state index contributed by atoms with van der Waals surface area (Å²) >= 11 is 0. The highest BCUT2D eigenvalue weighted by Gasteiger charge is 2.27. The van der Waals surface area contributed by atoms with Crippen LogP contribution in [0.4, 0.5) is 4.39 Å². The van der Waals surface area contributed by atoms with Gasteiger partial charge >= 0.3 is 0 Å². The number of hydrogen-bond acceptors (Lipinski definition) is 2. The monoisotopic (exact) mass is 267 g/mol. The van der Waals surface area contributed by atoms with Gasteiger partial charge in [-0.15, -0.1) is 0 Å². The van der Waals surface area contributed by atoms with Crippen LogP contribution >= 0.6 is 0 Å². The molecule has 1 unspecified atom stereocenters. The van der Waals surface area contributed by atoms with Gasteiger partial charge in [0.2, 0.25) is 5.91 Å². The second-order valence-corrected chi connectivity index (χ2v) is 5.75. The summed E-state index contributed by atoms with van der Waals surface area (Å²) in [6.45, 7) is 6.07. The first kappa shape index (κ1) is 15.6. The maximum atomic E-state index is 13.0. The Morgan fingerprint density at radius 1 is 1.32 bits per heavy atom. The van der Waals surface area contributed by atoms with Crippen molar-refractivity contribution < 1.29 is 14.3 Å². The van der Waals surface area contributed by atoms with Crippen molar-refractivity contribution in [3.63, 3.8) is 0 Å². The van der Waals surface area contributed by atoms with Gasteiger partial charge in [0.25, 0.3) is 0 Å². The fourth-order valence-electron chi connectivity index (χ4n) is 1.93. The Morgan fingerprint density at radius 2 is 1.89 bits per heavy atom. The molecule has 0 bridgehead atoms. The second kappa shape index (κ2) is 6.66. The molecule has 19 heavy (non-hydrogen) atoms. The van der Waals surface area contributed by atoms with E-state index in [9.17, 15) is 9.18 Å². The van der Waals surface area contributed by atoms with Crippen molar-refractivity contribution in [2.45, 2.75) is 39.7 Å². The molecule has 2 N–H and O–H groups in total.